The lowest BCUT2D eigenvalue weighted by molar-refractivity contribution is -0.134. The molecule has 0 radical (unpaired) electrons. The van der Waals surface area contributed by atoms with E-state index in [2.05, 4.69) is 20.3 Å². The maximum atomic E-state index is 15.2. The average molecular weight is 480 g/mol. The van der Waals surface area contributed by atoms with Gasteiger partial charge in [-0.25, -0.2) is 14.4 Å². The quantitative estimate of drug-likeness (QED) is 0.463. The monoisotopic (exact) mass is 480 g/mol. The molecule has 10 heteroatoms. The minimum atomic E-state index is -3.75. The third kappa shape index (κ3) is 5.04. The van der Waals surface area contributed by atoms with Crippen molar-refractivity contribution in [1.29, 1.82) is 0 Å². The standard InChI is InChI=1S/C23H28F3N4O2P/c1-12(2)21(31)23(25,26)17-9-7-8-15(20(17)24)13(3)28-22-16-10-19(33(5,6)32)27-11-18(16)29-14(4)30-22/h7-13,21,31H,1-6H3,(H,28,29,30)/t13-,21-/m1/s1. The van der Waals surface area contributed by atoms with Gasteiger partial charge in [-0.2, -0.15) is 8.78 Å². The highest BCUT2D eigenvalue weighted by Crippen LogP contribution is 2.39. The number of benzene rings is 1. The zero-order valence-electron chi connectivity index (χ0n) is 19.4. The number of aliphatic hydroxyl groups excluding tert-OH is 1. The fraction of sp³-hybridized carbons (Fsp3) is 0.435. The third-order valence-corrected chi connectivity index (χ3v) is 6.79. The van der Waals surface area contributed by atoms with Gasteiger partial charge in [0.2, 0.25) is 0 Å². The van der Waals surface area contributed by atoms with Crippen molar-refractivity contribution in [1.82, 2.24) is 15.0 Å². The Labute approximate surface area is 191 Å². The van der Waals surface area contributed by atoms with Gasteiger partial charge in [0.15, 0.2) is 0 Å². The number of nitrogens with zero attached hydrogens (tertiary/aromatic N) is 3. The maximum absolute atomic E-state index is 15.2. The molecule has 0 fully saturated rings. The summed E-state index contributed by atoms with van der Waals surface area (Å²) in [6, 6.07) is 4.61. The Kier molecular flexibility index (Phi) is 6.87. The number of halogens is 3. The Morgan fingerprint density at radius 3 is 2.42 bits per heavy atom. The van der Waals surface area contributed by atoms with Crippen LogP contribution in [0, 0.1) is 18.7 Å². The van der Waals surface area contributed by atoms with Crippen LogP contribution in [-0.2, 0) is 10.5 Å². The first kappa shape index (κ1) is 25.1. The van der Waals surface area contributed by atoms with Crippen LogP contribution in [0.2, 0.25) is 0 Å². The van der Waals surface area contributed by atoms with Gasteiger partial charge in [0.05, 0.1) is 23.3 Å². The molecule has 2 N–H and O–H groups in total. The molecule has 0 aliphatic rings. The summed E-state index contributed by atoms with van der Waals surface area (Å²) in [6.45, 7) is 9.39. The first-order valence-corrected chi connectivity index (χ1v) is 13.1. The normalized spacial score (nSPS) is 14.5. The smallest absolute Gasteiger partial charge is 0.301 e. The Morgan fingerprint density at radius 2 is 1.82 bits per heavy atom. The molecule has 0 aliphatic heterocycles. The summed E-state index contributed by atoms with van der Waals surface area (Å²) < 4.78 is 57.3. The third-order valence-electron chi connectivity index (χ3n) is 5.44. The van der Waals surface area contributed by atoms with E-state index in [0.29, 0.717) is 28.0 Å². The summed E-state index contributed by atoms with van der Waals surface area (Å²) in [6.07, 6.45) is -0.521. The van der Waals surface area contributed by atoms with Crippen molar-refractivity contribution in [3.8, 4) is 0 Å². The van der Waals surface area contributed by atoms with E-state index >= 15 is 4.39 Å². The molecule has 0 unspecified atom stereocenters. The summed E-state index contributed by atoms with van der Waals surface area (Å²) in [5, 5.41) is 13.6. The number of fused-ring (bicyclic) bond motifs is 1. The van der Waals surface area contributed by atoms with E-state index in [-0.39, 0.29) is 5.56 Å². The Balaban J connectivity index is 2.05. The first-order chi connectivity index (χ1) is 15.2. The predicted molar refractivity (Wildman–Crippen MR) is 124 cm³/mol. The SMILES string of the molecule is Cc1nc(N[C@H](C)c2cccc(C(F)(F)[C@H](O)C(C)C)c2F)c2cc(P(C)(C)=O)ncc2n1. The average Bonchev–Trinajstić information content (AvgIpc) is 2.71. The summed E-state index contributed by atoms with van der Waals surface area (Å²) >= 11 is 0. The number of aliphatic hydroxyl groups is 1. The minimum Gasteiger partial charge on any atom is -0.386 e. The number of alkyl halides is 2. The second-order valence-electron chi connectivity index (χ2n) is 8.92. The number of hydrogen-bond acceptors (Lipinski definition) is 6. The van der Waals surface area contributed by atoms with Gasteiger partial charge in [-0.1, -0.05) is 26.0 Å². The van der Waals surface area contributed by atoms with E-state index in [1.807, 2.05) is 0 Å². The Hall–Kier alpha value is -2.51. The number of rotatable bonds is 7. The highest BCUT2D eigenvalue weighted by molar-refractivity contribution is 7.69. The van der Waals surface area contributed by atoms with Crippen molar-refractivity contribution in [2.24, 2.45) is 5.92 Å². The van der Waals surface area contributed by atoms with Crippen LogP contribution in [0.15, 0.2) is 30.5 Å². The van der Waals surface area contributed by atoms with Gasteiger partial charge >= 0.3 is 5.92 Å². The molecule has 2 atom stereocenters. The van der Waals surface area contributed by atoms with Crippen molar-refractivity contribution in [2.75, 3.05) is 18.6 Å². The van der Waals surface area contributed by atoms with Gasteiger partial charge in [0, 0.05) is 10.9 Å². The van der Waals surface area contributed by atoms with E-state index < -0.39 is 42.5 Å². The number of aryl methyl sites for hydroxylation is 1. The lowest BCUT2D eigenvalue weighted by Gasteiger charge is -2.27. The van der Waals surface area contributed by atoms with Crippen molar-refractivity contribution in [2.45, 2.75) is 45.8 Å². The van der Waals surface area contributed by atoms with Crippen LogP contribution in [0.3, 0.4) is 0 Å². The van der Waals surface area contributed by atoms with Crippen LogP contribution in [0.4, 0.5) is 19.0 Å². The van der Waals surface area contributed by atoms with E-state index in [0.717, 1.165) is 6.07 Å². The van der Waals surface area contributed by atoms with Crippen molar-refractivity contribution < 1.29 is 22.8 Å². The Morgan fingerprint density at radius 1 is 1.15 bits per heavy atom. The molecule has 0 saturated heterocycles. The molecule has 178 valence electrons. The zero-order chi connectivity index (χ0) is 24.7. The predicted octanol–water partition coefficient (Wildman–Crippen LogP) is 5.00. The zero-order valence-corrected chi connectivity index (χ0v) is 20.3. The summed E-state index contributed by atoms with van der Waals surface area (Å²) in [7, 11) is -2.66. The summed E-state index contributed by atoms with van der Waals surface area (Å²) in [4.78, 5) is 13.0. The molecule has 1 aromatic carbocycles. The van der Waals surface area contributed by atoms with E-state index in [1.54, 1.807) is 33.2 Å². The second-order valence-corrected chi connectivity index (χ2v) is 12.1. The van der Waals surface area contributed by atoms with Crippen molar-refractivity contribution >= 4 is 29.3 Å². The van der Waals surface area contributed by atoms with Crippen LogP contribution in [0.1, 0.15) is 43.8 Å². The fourth-order valence-electron chi connectivity index (χ4n) is 3.54. The lowest BCUT2D eigenvalue weighted by Crippen LogP contribution is -2.36. The summed E-state index contributed by atoms with van der Waals surface area (Å²) in [5.41, 5.74) is 0.0466. The van der Waals surface area contributed by atoms with E-state index in [9.17, 15) is 18.5 Å². The van der Waals surface area contributed by atoms with Crippen LogP contribution in [0.25, 0.3) is 10.9 Å². The molecule has 0 bridgehead atoms. The van der Waals surface area contributed by atoms with Crippen molar-refractivity contribution in [3.05, 3.63) is 53.2 Å². The van der Waals surface area contributed by atoms with Gasteiger partial charge in [-0.05, 0) is 45.2 Å². The van der Waals surface area contributed by atoms with Gasteiger partial charge in [-0.3, -0.25) is 4.98 Å². The number of nitrogens with one attached hydrogen (secondary N) is 1. The molecule has 0 spiro atoms. The van der Waals surface area contributed by atoms with Crippen LogP contribution >= 0.6 is 7.14 Å². The molecule has 2 aromatic heterocycles. The number of aromatic nitrogens is 3. The lowest BCUT2D eigenvalue weighted by atomic mass is 9.92. The highest BCUT2D eigenvalue weighted by atomic mass is 31.2. The molecule has 0 amide bonds. The number of anilines is 1. The van der Waals surface area contributed by atoms with Gasteiger partial charge in [0.25, 0.3) is 0 Å². The second kappa shape index (κ2) is 9.03. The van der Waals surface area contributed by atoms with Crippen LogP contribution < -0.4 is 10.8 Å². The largest absolute Gasteiger partial charge is 0.386 e. The molecular weight excluding hydrogens is 452 g/mol. The molecule has 3 rings (SSSR count). The van der Waals surface area contributed by atoms with E-state index in [4.69, 9.17) is 0 Å². The van der Waals surface area contributed by atoms with Gasteiger partial charge in [-0.15, -0.1) is 0 Å². The minimum absolute atomic E-state index is 0.00141. The number of hydrogen-bond donors (Lipinski definition) is 2. The van der Waals surface area contributed by atoms with E-state index in [1.165, 1.54) is 32.2 Å². The topological polar surface area (TPSA) is 88.0 Å². The molecule has 6 nitrogen and oxygen atoms in total. The Bertz CT molecular complexity index is 1230. The summed E-state index contributed by atoms with van der Waals surface area (Å²) in [5.74, 6) is -4.82. The molecular formula is C23H28F3N4O2P. The van der Waals surface area contributed by atoms with Gasteiger partial charge in [0.1, 0.15) is 36.1 Å². The fourth-order valence-corrected chi connectivity index (χ4v) is 4.32. The molecule has 2 heterocycles. The first-order valence-electron chi connectivity index (χ1n) is 10.5. The molecule has 0 saturated carbocycles. The number of pyridine rings is 1. The molecule has 0 aliphatic carbocycles. The van der Waals surface area contributed by atoms with Crippen molar-refractivity contribution in [3.63, 3.8) is 0 Å². The van der Waals surface area contributed by atoms with Crippen LogP contribution in [-0.4, -0.2) is 39.5 Å². The molecule has 33 heavy (non-hydrogen) atoms. The maximum Gasteiger partial charge on any atom is 0.301 e. The van der Waals surface area contributed by atoms with Crippen LogP contribution in [0.5, 0.6) is 0 Å². The highest BCUT2D eigenvalue weighted by Gasteiger charge is 2.44. The molecule has 3 aromatic rings. The van der Waals surface area contributed by atoms with Gasteiger partial charge < -0.3 is 15.0 Å².